The summed E-state index contributed by atoms with van der Waals surface area (Å²) in [4.78, 5) is 8.16. The van der Waals surface area contributed by atoms with Crippen LogP contribution in [0.2, 0.25) is 5.15 Å². The lowest BCUT2D eigenvalue weighted by Crippen LogP contribution is -1.91. The zero-order valence-corrected chi connectivity index (χ0v) is 8.72. The number of halogens is 1. The van der Waals surface area contributed by atoms with Crippen molar-refractivity contribution >= 4 is 11.6 Å². The molecule has 1 rings (SSSR count). The SMILES string of the molecule is CCCCCCc1cncc(Cl)n1. The van der Waals surface area contributed by atoms with Crippen molar-refractivity contribution in [1.29, 1.82) is 0 Å². The average molecular weight is 199 g/mol. The Hall–Kier alpha value is -0.630. The highest BCUT2D eigenvalue weighted by Crippen LogP contribution is 2.07. The second-order valence-corrected chi connectivity index (χ2v) is 3.53. The fourth-order valence-corrected chi connectivity index (χ4v) is 1.40. The summed E-state index contributed by atoms with van der Waals surface area (Å²) in [6.07, 6.45) is 9.37. The second-order valence-electron chi connectivity index (χ2n) is 3.14. The molecule has 0 aliphatic rings. The molecule has 0 bridgehead atoms. The highest BCUT2D eigenvalue weighted by Gasteiger charge is 1.96. The predicted octanol–water partition coefficient (Wildman–Crippen LogP) is 3.25. The Morgan fingerprint density at radius 1 is 1.23 bits per heavy atom. The summed E-state index contributed by atoms with van der Waals surface area (Å²) in [5.74, 6) is 0. The zero-order valence-electron chi connectivity index (χ0n) is 7.96. The summed E-state index contributed by atoms with van der Waals surface area (Å²) in [6, 6.07) is 0. The maximum absolute atomic E-state index is 5.71. The van der Waals surface area contributed by atoms with Gasteiger partial charge in [0.15, 0.2) is 0 Å². The van der Waals surface area contributed by atoms with E-state index in [4.69, 9.17) is 11.6 Å². The minimum absolute atomic E-state index is 0.494. The Kier molecular flexibility index (Phi) is 4.76. The van der Waals surface area contributed by atoms with E-state index in [1.165, 1.54) is 25.7 Å². The number of aromatic nitrogens is 2. The van der Waals surface area contributed by atoms with Crippen molar-refractivity contribution in [3.8, 4) is 0 Å². The standard InChI is InChI=1S/C10H15ClN2/c1-2-3-4-5-6-9-7-12-8-10(11)13-9/h7-8H,2-6H2,1H3. The lowest BCUT2D eigenvalue weighted by molar-refractivity contribution is 0.659. The summed E-state index contributed by atoms with van der Waals surface area (Å²) < 4.78 is 0. The smallest absolute Gasteiger partial charge is 0.147 e. The van der Waals surface area contributed by atoms with Gasteiger partial charge in [0, 0.05) is 6.20 Å². The molecule has 1 aromatic heterocycles. The first kappa shape index (κ1) is 10.5. The van der Waals surface area contributed by atoms with E-state index in [0.717, 1.165) is 12.1 Å². The highest BCUT2D eigenvalue weighted by atomic mass is 35.5. The summed E-state index contributed by atoms with van der Waals surface area (Å²) in [5, 5.41) is 0.494. The number of hydrogen-bond acceptors (Lipinski definition) is 2. The van der Waals surface area contributed by atoms with Gasteiger partial charge in [-0.15, -0.1) is 0 Å². The molecule has 0 fully saturated rings. The third-order valence-electron chi connectivity index (χ3n) is 1.94. The van der Waals surface area contributed by atoms with Gasteiger partial charge in [-0.25, -0.2) is 4.98 Å². The van der Waals surface area contributed by atoms with Gasteiger partial charge < -0.3 is 0 Å². The van der Waals surface area contributed by atoms with E-state index in [0.29, 0.717) is 5.15 Å². The van der Waals surface area contributed by atoms with E-state index < -0.39 is 0 Å². The fourth-order valence-electron chi connectivity index (χ4n) is 1.23. The number of unbranched alkanes of at least 4 members (excludes halogenated alkanes) is 3. The van der Waals surface area contributed by atoms with Crippen LogP contribution in [-0.4, -0.2) is 9.97 Å². The largest absolute Gasteiger partial charge is 0.260 e. The Morgan fingerprint density at radius 3 is 2.77 bits per heavy atom. The minimum atomic E-state index is 0.494. The van der Waals surface area contributed by atoms with Gasteiger partial charge in [0.1, 0.15) is 5.15 Å². The van der Waals surface area contributed by atoms with Gasteiger partial charge in [0.2, 0.25) is 0 Å². The molecule has 2 nitrogen and oxygen atoms in total. The van der Waals surface area contributed by atoms with Crippen molar-refractivity contribution in [1.82, 2.24) is 9.97 Å². The van der Waals surface area contributed by atoms with E-state index in [-0.39, 0.29) is 0 Å². The van der Waals surface area contributed by atoms with E-state index in [9.17, 15) is 0 Å². The van der Waals surface area contributed by atoms with Crippen LogP contribution in [0, 0.1) is 0 Å². The van der Waals surface area contributed by atoms with Crippen LogP contribution in [0.3, 0.4) is 0 Å². The Labute approximate surface area is 84.4 Å². The third kappa shape index (κ3) is 4.23. The number of rotatable bonds is 5. The van der Waals surface area contributed by atoms with Crippen molar-refractivity contribution in [2.45, 2.75) is 39.0 Å². The first-order chi connectivity index (χ1) is 6.33. The van der Waals surface area contributed by atoms with Gasteiger partial charge >= 0.3 is 0 Å². The van der Waals surface area contributed by atoms with E-state index in [1.807, 2.05) is 0 Å². The summed E-state index contributed by atoms with van der Waals surface area (Å²) in [5.41, 5.74) is 1.00. The maximum Gasteiger partial charge on any atom is 0.147 e. The van der Waals surface area contributed by atoms with Crippen LogP contribution in [0.15, 0.2) is 12.4 Å². The number of aryl methyl sites for hydroxylation is 1. The molecule has 0 aromatic carbocycles. The molecule has 0 aliphatic carbocycles. The molecule has 13 heavy (non-hydrogen) atoms. The van der Waals surface area contributed by atoms with E-state index in [2.05, 4.69) is 16.9 Å². The van der Waals surface area contributed by atoms with Crippen LogP contribution in [0.5, 0.6) is 0 Å². The molecule has 0 spiro atoms. The molecule has 3 heteroatoms. The van der Waals surface area contributed by atoms with Crippen molar-refractivity contribution in [2.75, 3.05) is 0 Å². The lowest BCUT2D eigenvalue weighted by Gasteiger charge is -1.99. The zero-order chi connectivity index (χ0) is 9.52. The van der Waals surface area contributed by atoms with Gasteiger partial charge in [-0.3, -0.25) is 4.98 Å². The van der Waals surface area contributed by atoms with Gasteiger partial charge in [0.05, 0.1) is 11.9 Å². The Bertz CT molecular complexity index is 250. The Balaban J connectivity index is 2.28. The second kappa shape index (κ2) is 5.92. The highest BCUT2D eigenvalue weighted by molar-refractivity contribution is 6.29. The van der Waals surface area contributed by atoms with Gasteiger partial charge in [-0.2, -0.15) is 0 Å². The van der Waals surface area contributed by atoms with Crippen LogP contribution in [0.25, 0.3) is 0 Å². The first-order valence-corrected chi connectivity index (χ1v) is 5.17. The van der Waals surface area contributed by atoms with Crippen LogP contribution >= 0.6 is 11.6 Å². The summed E-state index contributed by atoms with van der Waals surface area (Å²) >= 11 is 5.71. The molecule has 0 unspecified atom stereocenters. The normalized spacial score (nSPS) is 10.3. The molecule has 0 saturated heterocycles. The van der Waals surface area contributed by atoms with Crippen LogP contribution in [-0.2, 0) is 6.42 Å². The maximum atomic E-state index is 5.71. The minimum Gasteiger partial charge on any atom is -0.260 e. The van der Waals surface area contributed by atoms with Crippen LogP contribution in [0.1, 0.15) is 38.3 Å². The predicted molar refractivity (Wildman–Crippen MR) is 54.9 cm³/mol. The summed E-state index contributed by atoms with van der Waals surface area (Å²) in [6.45, 7) is 2.21. The van der Waals surface area contributed by atoms with Gasteiger partial charge in [0.25, 0.3) is 0 Å². The van der Waals surface area contributed by atoms with Gasteiger partial charge in [-0.05, 0) is 12.8 Å². The van der Waals surface area contributed by atoms with Crippen molar-refractivity contribution in [2.24, 2.45) is 0 Å². The van der Waals surface area contributed by atoms with Crippen LogP contribution in [0.4, 0.5) is 0 Å². The lowest BCUT2D eigenvalue weighted by atomic mass is 10.1. The molecular weight excluding hydrogens is 184 g/mol. The van der Waals surface area contributed by atoms with Crippen molar-refractivity contribution in [3.63, 3.8) is 0 Å². The third-order valence-corrected chi connectivity index (χ3v) is 2.12. The van der Waals surface area contributed by atoms with Crippen molar-refractivity contribution in [3.05, 3.63) is 23.2 Å². The Morgan fingerprint density at radius 2 is 2.08 bits per heavy atom. The van der Waals surface area contributed by atoms with Gasteiger partial charge in [-0.1, -0.05) is 37.8 Å². The molecule has 0 N–H and O–H groups in total. The summed E-state index contributed by atoms with van der Waals surface area (Å²) in [7, 11) is 0. The molecule has 1 heterocycles. The van der Waals surface area contributed by atoms with E-state index in [1.54, 1.807) is 12.4 Å². The quantitative estimate of drug-likeness (QED) is 0.679. The van der Waals surface area contributed by atoms with E-state index >= 15 is 0 Å². The molecule has 1 aromatic rings. The number of nitrogens with zero attached hydrogens (tertiary/aromatic N) is 2. The van der Waals surface area contributed by atoms with Crippen molar-refractivity contribution < 1.29 is 0 Å². The molecule has 0 aliphatic heterocycles. The first-order valence-electron chi connectivity index (χ1n) is 4.79. The molecule has 0 saturated carbocycles. The van der Waals surface area contributed by atoms with Crippen LogP contribution < -0.4 is 0 Å². The molecule has 0 amide bonds. The molecule has 0 radical (unpaired) electrons. The fraction of sp³-hybridized carbons (Fsp3) is 0.600. The molecular formula is C10H15ClN2. The molecule has 0 atom stereocenters. The topological polar surface area (TPSA) is 25.8 Å². The number of hydrogen-bond donors (Lipinski definition) is 0. The molecule has 72 valence electrons. The monoisotopic (exact) mass is 198 g/mol. The average Bonchev–Trinajstić information content (AvgIpc) is 2.13.